The topological polar surface area (TPSA) is 292 Å². The summed E-state index contributed by atoms with van der Waals surface area (Å²) < 4.78 is 5.78. The first-order valence-electron chi connectivity index (χ1n) is 19.4. The van der Waals surface area contributed by atoms with Crippen LogP contribution in [0.2, 0.25) is 0 Å². The number of ether oxygens (including phenoxy) is 1. The normalized spacial score (nSPS) is 25.1. The molecule has 0 aromatic heterocycles. The van der Waals surface area contributed by atoms with Crippen LogP contribution < -0.4 is 47.9 Å². The van der Waals surface area contributed by atoms with Gasteiger partial charge in [-0.1, -0.05) is 81.0 Å². The minimum atomic E-state index is -1.91. The first-order valence-corrected chi connectivity index (χ1v) is 19.4. The van der Waals surface area contributed by atoms with Gasteiger partial charge >= 0.3 is 5.96 Å². The molecule has 5 amide bonds. The zero-order valence-electron chi connectivity index (χ0n) is 34.7. The number of carbonyl (C=O) groups excluding carboxylic acids is 7. The summed E-state index contributed by atoms with van der Waals surface area (Å²) in [5, 5.41) is 34.4. The first kappa shape index (κ1) is 49.1. The van der Waals surface area contributed by atoms with Crippen LogP contribution in [0.5, 0.6) is 0 Å². The van der Waals surface area contributed by atoms with Crippen molar-refractivity contribution in [3.8, 4) is 0 Å². The summed E-state index contributed by atoms with van der Waals surface area (Å²) in [6.45, 7) is 8.08. The molecule has 0 saturated carbocycles. The summed E-state index contributed by atoms with van der Waals surface area (Å²) in [7, 11) is 2.85. The molecule has 324 valence electrons. The number of hydrogen-bond acceptors (Lipinski definition) is 10. The van der Waals surface area contributed by atoms with Crippen LogP contribution >= 0.6 is 0 Å². The van der Waals surface area contributed by atoms with E-state index in [1.807, 2.05) is 50.3 Å². The van der Waals surface area contributed by atoms with E-state index in [2.05, 4.69) is 26.3 Å². The van der Waals surface area contributed by atoms with Crippen molar-refractivity contribution < 1.29 is 53.5 Å². The largest absolute Gasteiger partial charge is 0.548 e. The molecule has 8 unspecified atom stereocenters. The summed E-state index contributed by atoms with van der Waals surface area (Å²) >= 11 is 0. The van der Waals surface area contributed by atoms with E-state index in [0.717, 1.165) is 16.0 Å². The van der Waals surface area contributed by atoms with Gasteiger partial charge < -0.3 is 50.7 Å². The molecule has 0 radical (unpaired) electrons. The first-order chi connectivity index (χ1) is 27.8. The Kier molecular flexibility index (Phi) is 20.0. The Balaban J connectivity index is 2.63. The van der Waals surface area contributed by atoms with Crippen LogP contribution in [0.3, 0.4) is 0 Å². The molecular formula is C41H59N8O10-. The molecule has 1 aliphatic heterocycles. The number of carboxylic acid groups (broad SMARTS) is 2. The fourth-order valence-electron chi connectivity index (χ4n) is 6.40. The molecule has 59 heavy (non-hydrogen) atoms. The number of allylic oxidation sites excluding steroid dienone is 3. The molecule has 9 N–H and O–H groups in total. The summed E-state index contributed by atoms with van der Waals surface area (Å²) in [5.41, 5.74) is 12.5. The fraction of sp³-hybridized carbons (Fsp3) is 0.512. The number of methoxy groups -OCH3 is 1. The van der Waals surface area contributed by atoms with Gasteiger partial charge in [-0.2, -0.15) is 0 Å². The van der Waals surface area contributed by atoms with Crippen LogP contribution in [0.25, 0.3) is 0 Å². The molecule has 18 heteroatoms. The van der Waals surface area contributed by atoms with E-state index < -0.39 is 90.3 Å². The number of hydrogen-bond donors (Lipinski definition) is 7. The highest BCUT2D eigenvalue weighted by Gasteiger charge is 2.34. The van der Waals surface area contributed by atoms with Gasteiger partial charge in [0, 0.05) is 26.5 Å². The molecule has 1 saturated heterocycles. The maximum atomic E-state index is 14.1. The second kappa shape index (κ2) is 24.0. The van der Waals surface area contributed by atoms with Crippen molar-refractivity contribution in [1.82, 2.24) is 26.2 Å². The summed E-state index contributed by atoms with van der Waals surface area (Å²) in [6.07, 6.45) is 6.19. The number of guanidine groups is 1. The standard InChI is InChI=1S/C41H60N8O10/c1-8-31-38(54)48-34(40(57)58)26(5)36(52)46-29(15-12-20-44-41(42)43)37(53)45-28(25(4)35(51)47-30(39(55)56)18-19-33(50)49(31)6)17-16-23(2)21-24(3)32(59-7)22-27-13-10-9-11-14-27/h8-11,13-14,16-17,21,24-26,28-30,32,34H,12,15,18-20,22H2,1-7H3,(H,45,53)(H,46,52)(H,47,51)(H,48,54)(H,55,56)(H,57,58)(H4,42,43,44)/p-1/b17-16+,23-21+,31-8+. The van der Waals surface area contributed by atoms with Gasteiger partial charge in [-0.05, 0) is 45.1 Å². The average molecular weight is 824 g/mol. The van der Waals surface area contributed by atoms with Crippen molar-refractivity contribution in [2.45, 2.75) is 97.0 Å². The number of likely N-dealkylation sites (N-methyl/N-ethyl adjacent to an activating group) is 1. The molecular weight excluding hydrogens is 764 g/mol. The van der Waals surface area contributed by atoms with Crippen molar-refractivity contribution >= 4 is 47.4 Å². The van der Waals surface area contributed by atoms with Gasteiger partial charge in [0.25, 0.3) is 5.91 Å². The molecule has 8 atom stereocenters. The Morgan fingerprint density at radius 3 is 2.19 bits per heavy atom. The van der Waals surface area contributed by atoms with Gasteiger partial charge in [0.2, 0.25) is 23.6 Å². The lowest BCUT2D eigenvalue weighted by Gasteiger charge is -2.29. The van der Waals surface area contributed by atoms with E-state index in [-0.39, 0.29) is 43.1 Å². The number of benzene rings is 1. The monoisotopic (exact) mass is 823 g/mol. The fourth-order valence-corrected chi connectivity index (χ4v) is 6.40. The van der Waals surface area contributed by atoms with Crippen molar-refractivity contribution in [2.75, 3.05) is 20.7 Å². The van der Waals surface area contributed by atoms with Gasteiger partial charge in [-0.25, -0.2) is 0 Å². The lowest BCUT2D eigenvalue weighted by molar-refractivity contribution is -0.459. The number of nitrogens with two attached hydrogens (primary N) is 2. The highest BCUT2D eigenvalue weighted by atomic mass is 16.5. The van der Waals surface area contributed by atoms with Crippen LogP contribution in [-0.2, 0) is 44.7 Å². The molecule has 0 spiro atoms. The van der Waals surface area contributed by atoms with E-state index in [9.17, 15) is 43.8 Å². The maximum Gasteiger partial charge on any atom is 0.338 e. The average Bonchev–Trinajstić information content (AvgIpc) is 3.19. The van der Waals surface area contributed by atoms with E-state index in [0.29, 0.717) is 6.42 Å². The zero-order valence-corrected chi connectivity index (χ0v) is 34.7. The summed E-state index contributed by atoms with van der Waals surface area (Å²) in [6, 6.07) is 3.84. The van der Waals surface area contributed by atoms with Gasteiger partial charge in [0.15, 0.2) is 0 Å². The number of carboxylic acids is 2. The van der Waals surface area contributed by atoms with E-state index >= 15 is 0 Å². The molecule has 18 nitrogen and oxygen atoms in total. The van der Waals surface area contributed by atoms with Crippen LogP contribution in [-0.4, -0.2) is 103 Å². The Bertz CT molecular complexity index is 1780. The molecule has 1 aromatic carbocycles. The summed E-state index contributed by atoms with van der Waals surface area (Å²) in [4.78, 5) is 95.9. The smallest absolute Gasteiger partial charge is 0.338 e. The number of nitrogens with one attached hydrogen (secondary N) is 5. The van der Waals surface area contributed by atoms with Crippen molar-refractivity contribution in [3.05, 3.63) is 71.5 Å². The van der Waals surface area contributed by atoms with Crippen LogP contribution in [0.4, 0.5) is 0 Å². The number of aliphatic carboxylic acids is 2. The van der Waals surface area contributed by atoms with Gasteiger partial charge in [-0.15, -0.1) is 0 Å². The molecule has 0 aliphatic carbocycles. The second-order valence-electron chi connectivity index (χ2n) is 14.6. The third-order valence-electron chi connectivity index (χ3n) is 10.1. The second-order valence-corrected chi connectivity index (χ2v) is 14.6. The van der Waals surface area contributed by atoms with Gasteiger partial charge in [-0.3, -0.25) is 40.4 Å². The molecule has 1 aromatic rings. The SMILES string of the molecule is C/C=C1\C(=O)NC(C(=O)[O-])C(C)C(=O)NC(CCC[NH+]=C(N)N)C(=O)NC(/C=C/C(C)=C/C(C)C(Cc2ccccc2)OC)C(C)C(=O)NC(C(=O)[O-])CCC(=O)N1C. The Morgan fingerprint density at radius 1 is 0.966 bits per heavy atom. The quantitative estimate of drug-likeness (QED) is 0.0334. The predicted octanol–water partition coefficient (Wildman–Crippen LogP) is -3.62. The minimum absolute atomic E-state index is 0.0252. The van der Waals surface area contributed by atoms with E-state index in [4.69, 9.17) is 16.2 Å². The molecule has 2 rings (SSSR count). The molecule has 1 heterocycles. The lowest BCUT2D eigenvalue weighted by atomic mass is 9.94. The van der Waals surface area contributed by atoms with Crippen LogP contribution in [0, 0.1) is 17.8 Å². The van der Waals surface area contributed by atoms with Gasteiger partial charge in [0.05, 0.1) is 54.5 Å². The van der Waals surface area contributed by atoms with Crippen LogP contribution in [0.1, 0.15) is 65.9 Å². The number of amides is 5. The van der Waals surface area contributed by atoms with Crippen LogP contribution in [0.15, 0.2) is 65.9 Å². The minimum Gasteiger partial charge on any atom is -0.548 e. The van der Waals surface area contributed by atoms with E-state index in [1.54, 1.807) is 19.3 Å². The third-order valence-corrected chi connectivity index (χ3v) is 10.1. The zero-order chi connectivity index (χ0) is 44.4. The van der Waals surface area contributed by atoms with E-state index in [1.165, 1.54) is 33.9 Å². The summed E-state index contributed by atoms with van der Waals surface area (Å²) in [5.74, 6) is -10.6. The predicted molar refractivity (Wildman–Crippen MR) is 213 cm³/mol. The molecule has 1 aliphatic rings. The Hall–Kier alpha value is -6.04. The third kappa shape index (κ3) is 15.7. The highest BCUT2D eigenvalue weighted by Crippen LogP contribution is 2.18. The highest BCUT2D eigenvalue weighted by molar-refractivity contribution is 6.00. The Morgan fingerprint density at radius 2 is 1.61 bits per heavy atom. The number of nitrogens with zero attached hydrogens (tertiary/aromatic N) is 1. The number of rotatable bonds is 13. The number of carbonyl (C=O) groups is 7. The van der Waals surface area contributed by atoms with Crippen molar-refractivity contribution in [3.63, 3.8) is 0 Å². The Labute approximate surface area is 344 Å². The lowest BCUT2D eigenvalue weighted by Crippen LogP contribution is -2.78. The van der Waals surface area contributed by atoms with Crippen molar-refractivity contribution in [1.29, 1.82) is 0 Å². The maximum absolute atomic E-state index is 14.1. The van der Waals surface area contributed by atoms with Crippen molar-refractivity contribution in [2.24, 2.45) is 29.2 Å². The molecule has 0 bridgehead atoms. The molecule has 1 fully saturated rings. The van der Waals surface area contributed by atoms with Gasteiger partial charge in [0.1, 0.15) is 11.7 Å².